The third-order valence-electron chi connectivity index (χ3n) is 6.55. The number of ketones is 1. The zero-order valence-electron chi connectivity index (χ0n) is 18.3. The van der Waals surface area contributed by atoms with Gasteiger partial charge >= 0.3 is 6.18 Å². The number of carbonyl (C=O) groups excluding carboxylic acids is 1. The first-order chi connectivity index (χ1) is 16.3. The average Bonchev–Trinajstić information content (AvgIpc) is 3.30. The number of carbonyl (C=O) groups is 1. The van der Waals surface area contributed by atoms with Gasteiger partial charge in [-0.3, -0.25) is 9.59 Å². The second-order valence-electron chi connectivity index (χ2n) is 8.78. The molecule has 0 N–H and O–H groups in total. The topological polar surface area (TPSA) is 50.5 Å². The third-order valence-corrected chi connectivity index (χ3v) is 6.55. The molecule has 0 bridgehead atoms. The van der Waals surface area contributed by atoms with Gasteiger partial charge in [0.2, 0.25) is 0 Å². The zero-order valence-corrected chi connectivity index (χ0v) is 18.3. The van der Waals surface area contributed by atoms with Gasteiger partial charge in [0, 0.05) is 31.1 Å². The number of likely N-dealkylation sites (tertiary alicyclic amines) is 1. The van der Waals surface area contributed by atoms with Crippen molar-refractivity contribution in [1.29, 1.82) is 0 Å². The smallest absolute Gasteiger partial charge is 0.416 e. The van der Waals surface area contributed by atoms with Crippen molar-refractivity contribution in [2.45, 2.75) is 24.9 Å². The van der Waals surface area contributed by atoms with Gasteiger partial charge in [-0.05, 0) is 59.5 Å². The number of alkyl halides is 3. The van der Waals surface area contributed by atoms with E-state index in [1.165, 1.54) is 24.5 Å². The number of fused-ring (bicyclic) bond motifs is 2. The van der Waals surface area contributed by atoms with Crippen molar-refractivity contribution >= 4 is 27.5 Å². The Hall–Kier alpha value is -3.45. The summed E-state index contributed by atoms with van der Waals surface area (Å²) in [5.41, 5.74) is 1.00. The monoisotopic (exact) mass is 465 g/mol. The van der Waals surface area contributed by atoms with Gasteiger partial charge in [0.05, 0.1) is 17.2 Å². The number of benzene rings is 3. The van der Waals surface area contributed by atoms with Crippen molar-refractivity contribution in [2.24, 2.45) is 0 Å². The van der Waals surface area contributed by atoms with Crippen LogP contribution < -0.4 is 5.43 Å². The minimum absolute atomic E-state index is 0.00962. The van der Waals surface area contributed by atoms with Crippen LogP contribution in [-0.4, -0.2) is 30.3 Å². The van der Waals surface area contributed by atoms with Crippen LogP contribution in [0.25, 0.3) is 21.7 Å². The zero-order chi connectivity index (χ0) is 23.9. The standard InChI is InChI=1S/C27H22F3NO3/c28-27(29,30)22-3-1-2-17(13-22)20-6-9-31(16-20)10-7-24(32)19-5-4-18-15-26-23(14-21(18)12-19)25(33)8-11-34-26/h1-5,8,11-15,20H,6-7,9-10,16H2. The minimum Gasteiger partial charge on any atom is -0.464 e. The molecule has 1 aliphatic rings. The van der Waals surface area contributed by atoms with Crippen molar-refractivity contribution in [3.8, 4) is 0 Å². The Morgan fingerprint density at radius 2 is 1.88 bits per heavy atom. The van der Waals surface area contributed by atoms with Gasteiger partial charge in [-0.25, -0.2) is 0 Å². The largest absolute Gasteiger partial charge is 0.464 e. The highest BCUT2D eigenvalue weighted by atomic mass is 19.4. The minimum atomic E-state index is -4.35. The maximum atomic E-state index is 13.0. The highest BCUT2D eigenvalue weighted by Crippen LogP contribution is 2.34. The predicted molar refractivity (Wildman–Crippen MR) is 124 cm³/mol. The summed E-state index contributed by atoms with van der Waals surface area (Å²) >= 11 is 0. The van der Waals surface area contributed by atoms with E-state index < -0.39 is 11.7 Å². The summed E-state index contributed by atoms with van der Waals surface area (Å²) in [5.74, 6) is 0.0164. The second-order valence-corrected chi connectivity index (χ2v) is 8.78. The lowest BCUT2D eigenvalue weighted by molar-refractivity contribution is -0.137. The molecule has 3 aromatic carbocycles. The van der Waals surface area contributed by atoms with Crippen LogP contribution in [0, 0.1) is 0 Å². The van der Waals surface area contributed by atoms with Crippen molar-refractivity contribution in [2.75, 3.05) is 19.6 Å². The van der Waals surface area contributed by atoms with Gasteiger partial charge in [0.1, 0.15) is 5.58 Å². The molecule has 0 saturated carbocycles. The van der Waals surface area contributed by atoms with E-state index in [1.807, 2.05) is 6.07 Å². The molecule has 0 spiro atoms. The molecule has 0 amide bonds. The quantitative estimate of drug-likeness (QED) is 0.267. The van der Waals surface area contributed by atoms with E-state index in [0.29, 0.717) is 41.6 Å². The van der Waals surface area contributed by atoms with E-state index in [-0.39, 0.29) is 17.1 Å². The normalized spacial score (nSPS) is 17.0. The Morgan fingerprint density at radius 1 is 1.03 bits per heavy atom. The molecule has 0 radical (unpaired) electrons. The fourth-order valence-electron chi connectivity index (χ4n) is 4.68. The summed E-state index contributed by atoms with van der Waals surface area (Å²) in [6, 6.07) is 15.8. The van der Waals surface area contributed by atoms with E-state index in [4.69, 9.17) is 4.42 Å². The lowest BCUT2D eigenvalue weighted by Crippen LogP contribution is -2.23. The molecule has 1 aliphatic heterocycles. The molecule has 174 valence electrons. The van der Waals surface area contributed by atoms with Crippen LogP contribution in [0.4, 0.5) is 13.2 Å². The fraction of sp³-hybridized carbons (Fsp3) is 0.259. The number of nitrogens with zero attached hydrogens (tertiary/aromatic N) is 1. The molecule has 1 unspecified atom stereocenters. The summed E-state index contributed by atoms with van der Waals surface area (Å²) in [5, 5.41) is 2.14. The predicted octanol–water partition coefficient (Wildman–Crippen LogP) is 6.03. The maximum absolute atomic E-state index is 13.0. The summed E-state index contributed by atoms with van der Waals surface area (Å²) in [6.45, 7) is 1.93. The van der Waals surface area contributed by atoms with Crippen LogP contribution in [0.3, 0.4) is 0 Å². The van der Waals surface area contributed by atoms with Crippen LogP contribution in [0.2, 0.25) is 0 Å². The van der Waals surface area contributed by atoms with E-state index in [1.54, 1.807) is 30.3 Å². The molecular weight excluding hydrogens is 443 g/mol. The molecule has 4 nitrogen and oxygen atoms in total. The number of hydrogen-bond donors (Lipinski definition) is 0. The molecule has 0 aliphatic carbocycles. The first-order valence-electron chi connectivity index (χ1n) is 11.2. The Bertz CT molecular complexity index is 1440. The van der Waals surface area contributed by atoms with Crippen molar-refractivity contribution in [3.05, 3.63) is 93.8 Å². The van der Waals surface area contributed by atoms with Gasteiger partial charge in [-0.2, -0.15) is 13.2 Å². The molecular formula is C27H22F3NO3. The third kappa shape index (κ3) is 4.48. The summed E-state index contributed by atoms with van der Waals surface area (Å²) < 4.78 is 44.5. The van der Waals surface area contributed by atoms with Gasteiger partial charge in [0.15, 0.2) is 11.2 Å². The highest BCUT2D eigenvalue weighted by Gasteiger charge is 2.32. The molecule has 4 aromatic rings. The molecule has 5 rings (SSSR count). The second kappa shape index (κ2) is 8.72. The van der Waals surface area contributed by atoms with Crippen molar-refractivity contribution in [3.63, 3.8) is 0 Å². The van der Waals surface area contributed by atoms with E-state index in [2.05, 4.69) is 4.90 Å². The number of Topliss-reactive ketones (excluding diaryl/α,β-unsaturated/α-hetero) is 1. The first-order valence-corrected chi connectivity index (χ1v) is 11.2. The van der Waals surface area contributed by atoms with Gasteiger partial charge in [0.25, 0.3) is 0 Å². The van der Waals surface area contributed by atoms with E-state index >= 15 is 0 Å². The molecule has 1 saturated heterocycles. The molecule has 2 heterocycles. The van der Waals surface area contributed by atoms with Gasteiger partial charge in [-0.15, -0.1) is 0 Å². The Kier molecular flexibility index (Phi) is 5.73. The first kappa shape index (κ1) is 22.3. The Balaban J connectivity index is 1.25. The van der Waals surface area contributed by atoms with Crippen molar-refractivity contribution < 1.29 is 22.4 Å². The van der Waals surface area contributed by atoms with Crippen LogP contribution >= 0.6 is 0 Å². The Morgan fingerprint density at radius 3 is 2.71 bits per heavy atom. The van der Waals surface area contributed by atoms with Gasteiger partial charge in [-0.1, -0.05) is 30.3 Å². The van der Waals surface area contributed by atoms with Crippen LogP contribution in [0.1, 0.15) is 40.2 Å². The van der Waals surface area contributed by atoms with Crippen LogP contribution in [0.15, 0.2) is 76.1 Å². The fourth-order valence-corrected chi connectivity index (χ4v) is 4.68. The van der Waals surface area contributed by atoms with Crippen molar-refractivity contribution in [1.82, 2.24) is 4.90 Å². The van der Waals surface area contributed by atoms with E-state index in [0.717, 1.165) is 29.8 Å². The lowest BCUT2D eigenvalue weighted by Gasteiger charge is -2.16. The van der Waals surface area contributed by atoms with Gasteiger partial charge < -0.3 is 9.32 Å². The summed E-state index contributed by atoms with van der Waals surface area (Å²) in [7, 11) is 0. The average molecular weight is 465 g/mol. The summed E-state index contributed by atoms with van der Waals surface area (Å²) in [6.07, 6.45) is -1.90. The molecule has 1 atom stereocenters. The number of hydrogen-bond acceptors (Lipinski definition) is 4. The molecule has 7 heteroatoms. The summed E-state index contributed by atoms with van der Waals surface area (Å²) in [4.78, 5) is 27.1. The molecule has 1 aromatic heterocycles. The van der Waals surface area contributed by atoms with E-state index in [9.17, 15) is 22.8 Å². The SMILES string of the molecule is O=C(CCN1CCC(c2cccc(C(F)(F)F)c2)C1)c1ccc2cc3occc(=O)c3cc2c1. The molecule has 34 heavy (non-hydrogen) atoms. The maximum Gasteiger partial charge on any atom is 0.416 e. The number of rotatable bonds is 5. The van der Waals surface area contributed by atoms with Crippen LogP contribution in [-0.2, 0) is 6.18 Å². The lowest BCUT2D eigenvalue weighted by atomic mass is 9.96. The van der Waals surface area contributed by atoms with Crippen LogP contribution in [0.5, 0.6) is 0 Å². The number of halogens is 3. The highest BCUT2D eigenvalue weighted by molar-refractivity contribution is 6.02. The molecule has 1 fully saturated rings. The Labute approximate surface area is 193 Å².